The Bertz CT molecular complexity index is 396. The van der Waals surface area contributed by atoms with E-state index in [0.29, 0.717) is 17.9 Å². The molecule has 0 atom stereocenters. The minimum absolute atomic E-state index is 0.201. The summed E-state index contributed by atoms with van der Waals surface area (Å²) < 4.78 is 0. The number of hydrogen-bond acceptors (Lipinski definition) is 5. The number of amides is 1. The van der Waals surface area contributed by atoms with Crippen LogP contribution in [0.3, 0.4) is 0 Å². The largest absolute Gasteiger partial charge is 0.351 e. The summed E-state index contributed by atoms with van der Waals surface area (Å²) in [4.78, 5) is 17.6. The summed E-state index contributed by atoms with van der Waals surface area (Å²) in [6.45, 7) is 1.34. The second kappa shape index (κ2) is 6.39. The van der Waals surface area contributed by atoms with Crippen LogP contribution in [0.15, 0.2) is 12.1 Å². The van der Waals surface area contributed by atoms with E-state index >= 15 is 0 Å². The summed E-state index contributed by atoms with van der Waals surface area (Å²) in [6.07, 6.45) is 0. The molecule has 0 aliphatic carbocycles. The maximum Gasteiger partial charge on any atom is 0.251 e. The Labute approximate surface area is 105 Å². The van der Waals surface area contributed by atoms with Gasteiger partial charge >= 0.3 is 0 Å². The zero-order chi connectivity index (χ0) is 12.8. The van der Waals surface area contributed by atoms with E-state index in [0.717, 1.165) is 6.54 Å². The molecule has 4 N–H and O–H groups in total. The molecule has 1 aromatic rings. The first-order valence-corrected chi connectivity index (χ1v) is 5.48. The number of carbonyl (C=O) groups excluding carboxylic acids is 1. The number of likely N-dealkylation sites (N-methyl/N-ethyl adjacent to an activating group) is 1. The van der Waals surface area contributed by atoms with E-state index in [-0.39, 0.29) is 11.1 Å². The number of nitrogens with two attached hydrogens (primary N) is 1. The van der Waals surface area contributed by atoms with Crippen LogP contribution in [-0.2, 0) is 0 Å². The van der Waals surface area contributed by atoms with Gasteiger partial charge in [0.25, 0.3) is 5.91 Å². The summed E-state index contributed by atoms with van der Waals surface area (Å²) >= 11 is 5.76. The van der Waals surface area contributed by atoms with Crippen molar-refractivity contribution in [2.24, 2.45) is 5.84 Å². The number of nitrogens with zero attached hydrogens (tertiary/aromatic N) is 2. The van der Waals surface area contributed by atoms with E-state index in [1.54, 1.807) is 0 Å². The third-order valence-electron chi connectivity index (χ3n) is 2.05. The van der Waals surface area contributed by atoms with Crippen molar-refractivity contribution >= 4 is 23.3 Å². The number of hydrazine groups is 1. The summed E-state index contributed by atoms with van der Waals surface area (Å²) in [5.74, 6) is 5.37. The van der Waals surface area contributed by atoms with Crippen molar-refractivity contribution in [2.75, 3.05) is 32.6 Å². The van der Waals surface area contributed by atoms with E-state index in [1.807, 2.05) is 19.0 Å². The first-order valence-electron chi connectivity index (χ1n) is 5.10. The number of hydrogen-bond donors (Lipinski definition) is 3. The molecule has 0 spiro atoms. The highest BCUT2D eigenvalue weighted by Gasteiger charge is 2.08. The second-order valence-electron chi connectivity index (χ2n) is 3.77. The van der Waals surface area contributed by atoms with Crippen molar-refractivity contribution in [1.29, 1.82) is 0 Å². The van der Waals surface area contributed by atoms with Gasteiger partial charge in [-0.25, -0.2) is 10.8 Å². The monoisotopic (exact) mass is 257 g/mol. The second-order valence-corrected chi connectivity index (χ2v) is 4.15. The molecule has 0 bridgehead atoms. The molecule has 0 saturated carbocycles. The predicted molar refractivity (Wildman–Crippen MR) is 67.9 cm³/mol. The average Bonchev–Trinajstić information content (AvgIpc) is 2.27. The van der Waals surface area contributed by atoms with Gasteiger partial charge in [-0.05, 0) is 26.2 Å². The van der Waals surface area contributed by atoms with Crippen LogP contribution in [0.4, 0.5) is 5.82 Å². The summed E-state index contributed by atoms with van der Waals surface area (Å²) in [6, 6.07) is 3.03. The van der Waals surface area contributed by atoms with Crippen LogP contribution in [0, 0.1) is 0 Å². The first kappa shape index (κ1) is 13.7. The van der Waals surface area contributed by atoms with Crippen LogP contribution < -0.4 is 16.6 Å². The molecule has 0 radical (unpaired) electrons. The molecule has 1 aromatic heterocycles. The summed E-state index contributed by atoms with van der Waals surface area (Å²) in [5.41, 5.74) is 2.78. The van der Waals surface area contributed by atoms with Gasteiger partial charge in [-0.2, -0.15) is 0 Å². The molecule has 0 aliphatic heterocycles. The molecule has 17 heavy (non-hydrogen) atoms. The third kappa shape index (κ3) is 4.56. The van der Waals surface area contributed by atoms with E-state index in [2.05, 4.69) is 15.7 Å². The van der Waals surface area contributed by atoms with Crippen molar-refractivity contribution in [3.63, 3.8) is 0 Å². The normalized spacial score (nSPS) is 10.4. The Kier molecular flexibility index (Phi) is 5.14. The lowest BCUT2D eigenvalue weighted by molar-refractivity contribution is 0.0951. The van der Waals surface area contributed by atoms with E-state index < -0.39 is 0 Å². The molecule has 7 heteroatoms. The highest BCUT2D eigenvalue weighted by Crippen LogP contribution is 2.13. The Balaban J connectivity index is 2.65. The molecule has 6 nitrogen and oxygen atoms in total. The van der Waals surface area contributed by atoms with E-state index in [4.69, 9.17) is 17.4 Å². The van der Waals surface area contributed by atoms with Crippen molar-refractivity contribution in [1.82, 2.24) is 15.2 Å². The molecule has 1 amide bonds. The van der Waals surface area contributed by atoms with Gasteiger partial charge in [0.1, 0.15) is 11.0 Å². The SMILES string of the molecule is CN(C)CCNC(=O)c1cc(Cl)nc(NN)c1. The van der Waals surface area contributed by atoms with Crippen LogP contribution in [0.5, 0.6) is 0 Å². The van der Waals surface area contributed by atoms with Crippen LogP contribution in [-0.4, -0.2) is 43.0 Å². The fourth-order valence-electron chi connectivity index (χ4n) is 1.20. The average molecular weight is 258 g/mol. The van der Waals surface area contributed by atoms with E-state index in [1.165, 1.54) is 12.1 Å². The molecular formula is C10H16ClN5O. The van der Waals surface area contributed by atoms with Gasteiger partial charge in [0.05, 0.1) is 0 Å². The summed E-state index contributed by atoms with van der Waals surface area (Å²) in [7, 11) is 3.87. The Morgan fingerprint density at radius 2 is 2.24 bits per heavy atom. The fourth-order valence-corrected chi connectivity index (χ4v) is 1.41. The first-order chi connectivity index (χ1) is 8.02. The quantitative estimate of drug-likeness (QED) is 0.402. The molecule has 1 rings (SSSR count). The van der Waals surface area contributed by atoms with Crippen LogP contribution in [0.25, 0.3) is 0 Å². The van der Waals surface area contributed by atoms with Crippen molar-refractivity contribution in [3.05, 3.63) is 22.8 Å². The lowest BCUT2D eigenvalue weighted by atomic mass is 10.2. The number of pyridine rings is 1. The molecule has 1 heterocycles. The molecule has 0 saturated heterocycles. The summed E-state index contributed by atoms with van der Waals surface area (Å²) in [5, 5.41) is 2.99. The number of rotatable bonds is 5. The van der Waals surface area contributed by atoms with Gasteiger partial charge in [-0.15, -0.1) is 0 Å². The lowest BCUT2D eigenvalue weighted by Crippen LogP contribution is -2.31. The van der Waals surface area contributed by atoms with Gasteiger partial charge in [-0.3, -0.25) is 4.79 Å². The number of halogens is 1. The smallest absolute Gasteiger partial charge is 0.251 e. The minimum atomic E-state index is -0.201. The lowest BCUT2D eigenvalue weighted by Gasteiger charge is -2.11. The van der Waals surface area contributed by atoms with Crippen LogP contribution in [0.2, 0.25) is 5.15 Å². The van der Waals surface area contributed by atoms with Crippen molar-refractivity contribution in [3.8, 4) is 0 Å². The number of aromatic nitrogens is 1. The van der Waals surface area contributed by atoms with Gasteiger partial charge in [-0.1, -0.05) is 11.6 Å². The fraction of sp³-hybridized carbons (Fsp3) is 0.400. The standard InChI is InChI=1S/C10H16ClN5O/c1-16(2)4-3-13-10(17)7-5-8(11)14-9(6-7)15-12/h5-6H,3-4,12H2,1-2H3,(H,13,17)(H,14,15). The molecular weight excluding hydrogens is 242 g/mol. The van der Waals surface area contributed by atoms with Crippen LogP contribution >= 0.6 is 11.6 Å². The highest BCUT2D eigenvalue weighted by molar-refractivity contribution is 6.29. The predicted octanol–water partition coefficient (Wildman–Crippen LogP) is 0.312. The molecule has 0 fully saturated rings. The minimum Gasteiger partial charge on any atom is -0.351 e. The third-order valence-corrected chi connectivity index (χ3v) is 2.24. The Hall–Kier alpha value is -1.37. The van der Waals surface area contributed by atoms with Gasteiger partial charge in [0.15, 0.2) is 0 Å². The van der Waals surface area contributed by atoms with Gasteiger partial charge in [0.2, 0.25) is 0 Å². The van der Waals surface area contributed by atoms with Crippen LogP contribution in [0.1, 0.15) is 10.4 Å². The van der Waals surface area contributed by atoms with Crippen molar-refractivity contribution in [2.45, 2.75) is 0 Å². The Morgan fingerprint density at radius 1 is 1.53 bits per heavy atom. The Morgan fingerprint density at radius 3 is 2.82 bits per heavy atom. The maximum absolute atomic E-state index is 11.8. The number of anilines is 1. The molecule has 94 valence electrons. The van der Waals surface area contributed by atoms with Gasteiger partial charge in [0, 0.05) is 18.7 Å². The van der Waals surface area contributed by atoms with Gasteiger partial charge < -0.3 is 15.6 Å². The molecule has 0 aliphatic rings. The maximum atomic E-state index is 11.8. The van der Waals surface area contributed by atoms with E-state index in [9.17, 15) is 4.79 Å². The highest BCUT2D eigenvalue weighted by atomic mass is 35.5. The number of nitrogens with one attached hydrogen (secondary N) is 2. The zero-order valence-corrected chi connectivity index (χ0v) is 10.6. The topological polar surface area (TPSA) is 83.3 Å². The molecule has 0 unspecified atom stereocenters. The zero-order valence-electron chi connectivity index (χ0n) is 9.83. The molecule has 0 aromatic carbocycles. The number of nitrogen functional groups attached to an aromatic ring is 1. The van der Waals surface area contributed by atoms with Crippen molar-refractivity contribution < 1.29 is 4.79 Å². The number of carbonyl (C=O) groups is 1.